The Labute approximate surface area is 341 Å². The molecule has 59 heavy (non-hydrogen) atoms. The van der Waals surface area contributed by atoms with E-state index < -0.39 is 24.3 Å². The van der Waals surface area contributed by atoms with Crippen molar-refractivity contribution >= 4 is 46.1 Å². The lowest BCUT2D eigenvalue weighted by Crippen LogP contribution is -2.52. The zero-order valence-corrected chi connectivity index (χ0v) is 34.0. The van der Waals surface area contributed by atoms with E-state index in [9.17, 15) is 19.2 Å². The summed E-state index contributed by atoms with van der Waals surface area (Å²) < 4.78 is 16.0. The SMILES string of the molecule is COC(=O)N[C@H](C(=O)N1[C@@H]2CC2C[C@H]1c1nc2ccc(Oc3cccc(-c4ccc5nc([C@@H]6CC7C[C@H]7N6C(=O)[C@@H](NC(=O)OC)C(C)C)[nH]c5c4)c3)cc2[nH]1)C(C)C. The van der Waals surface area contributed by atoms with Gasteiger partial charge in [0.05, 0.1) is 48.4 Å². The van der Waals surface area contributed by atoms with Crippen LogP contribution in [0.1, 0.15) is 77.1 Å². The van der Waals surface area contributed by atoms with Gasteiger partial charge in [-0.2, -0.15) is 0 Å². The highest BCUT2D eigenvalue weighted by Gasteiger charge is 2.57. The van der Waals surface area contributed by atoms with Crippen molar-refractivity contribution in [3.63, 3.8) is 0 Å². The van der Waals surface area contributed by atoms with Gasteiger partial charge in [0.1, 0.15) is 35.2 Å². The Morgan fingerprint density at radius 3 is 1.66 bits per heavy atom. The van der Waals surface area contributed by atoms with E-state index in [1.807, 2.05) is 92.1 Å². The summed E-state index contributed by atoms with van der Waals surface area (Å²) >= 11 is 0. The molecule has 2 aliphatic carbocycles. The lowest BCUT2D eigenvalue weighted by Gasteiger charge is -2.31. The van der Waals surface area contributed by atoms with E-state index >= 15 is 0 Å². The summed E-state index contributed by atoms with van der Waals surface area (Å²) in [4.78, 5) is 72.6. The molecule has 5 aromatic rings. The van der Waals surface area contributed by atoms with E-state index in [0.29, 0.717) is 23.3 Å². The van der Waals surface area contributed by atoms with Crippen molar-refractivity contribution < 1.29 is 33.4 Å². The number of methoxy groups -OCH3 is 2. The molecule has 2 aromatic heterocycles. The Morgan fingerprint density at radius 1 is 0.644 bits per heavy atom. The lowest BCUT2D eigenvalue weighted by atomic mass is 10.0. The molecule has 2 saturated heterocycles. The van der Waals surface area contributed by atoms with Gasteiger partial charge in [0.2, 0.25) is 11.8 Å². The predicted octanol–water partition coefficient (Wildman–Crippen LogP) is 6.98. The second kappa shape index (κ2) is 14.9. The molecule has 0 spiro atoms. The first kappa shape index (κ1) is 38.4. The minimum absolute atomic E-state index is 0.111. The second-order valence-corrected chi connectivity index (χ2v) is 17.1. The molecule has 2 saturated carbocycles. The molecule has 2 unspecified atom stereocenters. The first-order chi connectivity index (χ1) is 28.4. The van der Waals surface area contributed by atoms with Crippen LogP contribution >= 0.6 is 0 Å². The fourth-order valence-electron chi connectivity index (χ4n) is 9.23. The van der Waals surface area contributed by atoms with Gasteiger partial charge in [0.25, 0.3) is 0 Å². The summed E-state index contributed by atoms with van der Waals surface area (Å²) in [6.07, 6.45) is 2.32. The van der Waals surface area contributed by atoms with Crippen LogP contribution in [0, 0.1) is 23.7 Å². The molecule has 308 valence electrons. The smallest absolute Gasteiger partial charge is 0.407 e. The highest BCUT2D eigenvalue weighted by atomic mass is 16.5. The number of likely N-dealkylation sites (tertiary alicyclic amines) is 2. The zero-order chi connectivity index (χ0) is 41.3. The molecule has 8 atom stereocenters. The van der Waals surface area contributed by atoms with E-state index in [2.05, 4.69) is 26.7 Å². The number of imidazole rings is 2. The number of aromatic nitrogens is 4. The molecule has 15 nitrogen and oxygen atoms in total. The number of hydrogen-bond donors (Lipinski definition) is 4. The number of rotatable bonds is 11. The van der Waals surface area contributed by atoms with E-state index in [0.717, 1.165) is 70.5 Å². The van der Waals surface area contributed by atoms with E-state index in [1.165, 1.54) is 14.2 Å². The molecule has 4 aliphatic rings. The number of benzene rings is 3. The Balaban J connectivity index is 0.911. The topological polar surface area (TPSA) is 184 Å². The van der Waals surface area contributed by atoms with Gasteiger partial charge in [-0.1, -0.05) is 45.9 Å². The third kappa shape index (κ3) is 7.20. The minimum Gasteiger partial charge on any atom is -0.457 e. The standard InChI is InChI=1S/C44H50N8O7/c1-21(2)37(49-43(55)57-5)41(53)51-33-16-25(33)18-35(51)39-45-29-12-10-24(15-31(29)47-39)23-8-7-9-27(14-23)59-28-11-13-30-32(20-28)48-40(46-30)36-19-26-17-34(26)52(36)42(54)38(22(3)4)50-44(56)58-6/h7-15,20-22,25-26,33-38H,16-19H2,1-6H3,(H,45,47)(H,46,48)(H,49,55)(H,50,56)/t25?,26?,33-,34-,35+,36+,37+,38+/m1/s1. The normalized spacial score (nSPS) is 23.9. The van der Waals surface area contributed by atoms with Crippen molar-refractivity contribution in [2.75, 3.05) is 14.2 Å². The summed E-state index contributed by atoms with van der Waals surface area (Å²) in [5, 5.41) is 5.48. The maximum atomic E-state index is 13.9. The molecule has 4 amide bonds. The third-order valence-corrected chi connectivity index (χ3v) is 12.5. The molecule has 0 bridgehead atoms. The van der Waals surface area contributed by atoms with Gasteiger partial charge in [0.15, 0.2) is 0 Å². The highest BCUT2D eigenvalue weighted by molar-refractivity contribution is 5.89. The van der Waals surface area contributed by atoms with Crippen molar-refractivity contribution in [3.8, 4) is 22.6 Å². The fourth-order valence-corrected chi connectivity index (χ4v) is 9.23. The van der Waals surface area contributed by atoms with Crippen LogP contribution < -0.4 is 15.4 Å². The second-order valence-electron chi connectivity index (χ2n) is 17.1. The van der Waals surface area contributed by atoms with Gasteiger partial charge >= 0.3 is 12.2 Å². The monoisotopic (exact) mass is 802 g/mol. The first-order valence-electron chi connectivity index (χ1n) is 20.5. The summed E-state index contributed by atoms with van der Waals surface area (Å²) in [5.41, 5.74) is 5.19. The van der Waals surface area contributed by atoms with Crippen LogP contribution in [0.15, 0.2) is 60.7 Å². The Bertz CT molecular complexity index is 2460. The maximum Gasteiger partial charge on any atom is 0.407 e. The summed E-state index contributed by atoms with van der Waals surface area (Å²) in [7, 11) is 2.59. The van der Waals surface area contributed by atoms with E-state index in [4.69, 9.17) is 24.2 Å². The number of ether oxygens (including phenoxy) is 3. The fraction of sp³-hybridized carbons (Fsp3) is 0.455. The molecule has 15 heteroatoms. The molecule has 2 aliphatic heterocycles. The molecule has 4 fully saturated rings. The van der Waals surface area contributed by atoms with Crippen LogP contribution in [0.3, 0.4) is 0 Å². The molecule has 0 radical (unpaired) electrons. The molecule has 4 heterocycles. The number of carbonyl (C=O) groups excluding carboxylic acids is 4. The van der Waals surface area contributed by atoms with Gasteiger partial charge in [-0.3, -0.25) is 9.59 Å². The number of piperidine rings is 2. The Hall–Kier alpha value is -6.12. The number of aromatic amines is 2. The molecule has 9 rings (SSSR count). The first-order valence-corrected chi connectivity index (χ1v) is 20.5. The summed E-state index contributed by atoms with van der Waals surface area (Å²) in [5.74, 6) is 3.16. The number of carbonyl (C=O) groups is 4. The Morgan fingerprint density at radius 2 is 1.14 bits per heavy atom. The van der Waals surface area contributed by atoms with Crippen LogP contribution in [0.5, 0.6) is 11.5 Å². The molecule has 4 N–H and O–H groups in total. The number of nitrogens with one attached hydrogen (secondary N) is 4. The highest BCUT2D eigenvalue weighted by Crippen LogP contribution is 2.54. The van der Waals surface area contributed by atoms with E-state index in [1.54, 1.807) is 0 Å². The summed E-state index contributed by atoms with van der Waals surface area (Å²) in [6, 6.07) is 18.2. The average Bonchev–Trinajstić information content (AvgIpc) is 3.89. The number of alkyl carbamates (subject to hydrolysis) is 2. The van der Waals surface area contributed by atoms with Crippen LogP contribution in [0.4, 0.5) is 9.59 Å². The number of hydrogen-bond acceptors (Lipinski definition) is 9. The van der Waals surface area contributed by atoms with Gasteiger partial charge in [0, 0.05) is 18.2 Å². The van der Waals surface area contributed by atoms with Gasteiger partial charge in [-0.25, -0.2) is 19.6 Å². The maximum absolute atomic E-state index is 13.9. The zero-order valence-electron chi connectivity index (χ0n) is 34.0. The predicted molar refractivity (Wildman–Crippen MR) is 218 cm³/mol. The van der Waals surface area contributed by atoms with Crippen molar-refractivity contribution in [2.24, 2.45) is 23.7 Å². The molecular formula is C44H50N8O7. The average molecular weight is 803 g/mol. The van der Waals surface area contributed by atoms with Crippen LogP contribution in [0.2, 0.25) is 0 Å². The molecule has 3 aromatic carbocycles. The van der Waals surface area contributed by atoms with Gasteiger partial charge in [-0.05, 0) is 96.9 Å². The van der Waals surface area contributed by atoms with Crippen LogP contribution in [-0.4, -0.2) is 92.1 Å². The van der Waals surface area contributed by atoms with Crippen molar-refractivity contribution in [3.05, 3.63) is 72.3 Å². The van der Waals surface area contributed by atoms with Crippen molar-refractivity contribution in [1.82, 2.24) is 40.4 Å². The van der Waals surface area contributed by atoms with E-state index in [-0.39, 0.29) is 47.8 Å². The van der Waals surface area contributed by atoms with Crippen molar-refractivity contribution in [1.29, 1.82) is 0 Å². The third-order valence-electron chi connectivity index (χ3n) is 12.5. The lowest BCUT2D eigenvalue weighted by molar-refractivity contribution is -0.137. The minimum atomic E-state index is -0.698. The largest absolute Gasteiger partial charge is 0.457 e. The Kier molecular flexibility index (Phi) is 9.71. The van der Waals surface area contributed by atoms with Gasteiger partial charge < -0.3 is 44.6 Å². The van der Waals surface area contributed by atoms with Crippen LogP contribution in [0.25, 0.3) is 33.2 Å². The number of amides is 4. The quantitative estimate of drug-likeness (QED) is 0.109. The van der Waals surface area contributed by atoms with Crippen molar-refractivity contribution in [2.45, 2.75) is 89.6 Å². The summed E-state index contributed by atoms with van der Waals surface area (Å²) in [6.45, 7) is 7.66. The van der Waals surface area contributed by atoms with Gasteiger partial charge in [-0.15, -0.1) is 0 Å². The number of fused-ring (bicyclic) bond motifs is 4. The molecular weight excluding hydrogens is 753 g/mol. The number of H-pyrrole nitrogens is 2. The number of nitrogens with zero attached hydrogens (tertiary/aromatic N) is 4. The van der Waals surface area contributed by atoms with Crippen LogP contribution in [-0.2, 0) is 19.1 Å².